The average molecular weight is 287 g/mol. The van der Waals surface area contributed by atoms with Gasteiger partial charge in [0.1, 0.15) is 0 Å². The number of carbonyl (C=O) groups is 1. The SMILES string of the molecule is CC1CCC(N2CCC(C)(C(=O)O)CC2)c2ccccc21. The summed E-state index contributed by atoms with van der Waals surface area (Å²) in [7, 11) is 0. The van der Waals surface area contributed by atoms with E-state index in [0.717, 1.165) is 25.9 Å². The molecule has 3 nitrogen and oxygen atoms in total. The molecule has 0 spiro atoms. The first-order chi connectivity index (χ1) is 10.0. The van der Waals surface area contributed by atoms with Crippen molar-refractivity contribution in [2.24, 2.45) is 5.41 Å². The molecule has 1 fully saturated rings. The largest absolute Gasteiger partial charge is 0.481 e. The van der Waals surface area contributed by atoms with Gasteiger partial charge in [-0.25, -0.2) is 0 Å². The molecule has 21 heavy (non-hydrogen) atoms. The fraction of sp³-hybridized carbons (Fsp3) is 0.611. The third-order valence-corrected chi connectivity index (χ3v) is 5.62. The maximum Gasteiger partial charge on any atom is 0.309 e. The zero-order chi connectivity index (χ0) is 15.0. The number of hydrogen-bond donors (Lipinski definition) is 1. The number of benzene rings is 1. The van der Waals surface area contributed by atoms with Gasteiger partial charge in [-0.15, -0.1) is 0 Å². The second-order valence-corrected chi connectivity index (χ2v) is 7.02. The molecule has 1 N–H and O–H groups in total. The average Bonchev–Trinajstić information content (AvgIpc) is 2.49. The van der Waals surface area contributed by atoms with Crippen molar-refractivity contribution < 1.29 is 9.90 Å². The predicted octanol–water partition coefficient (Wildman–Crippen LogP) is 3.81. The first-order valence-corrected chi connectivity index (χ1v) is 8.07. The van der Waals surface area contributed by atoms with Crippen molar-refractivity contribution in [1.82, 2.24) is 4.90 Å². The molecule has 0 radical (unpaired) electrons. The number of hydrogen-bond acceptors (Lipinski definition) is 2. The van der Waals surface area contributed by atoms with Gasteiger partial charge in [-0.3, -0.25) is 9.69 Å². The summed E-state index contributed by atoms with van der Waals surface area (Å²) in [5, 5.41) is 9.37. The van der Waals surface area contributed by atoms with Gasteiger partial charge < -0.3 is 5.11 Å². The number of piperidine rings is 1. The van der Waals surface area contributed by atoms with Gasteiger partial charge in [0.25, 0.3) is 0 Å². The molecule has 0 aromatic heterocycles. The zero-order valence-electron chi connectivity index (χ0n) is 13.0. The van der Waals surface area contributed by atoms with E-state index in [9.17, 15) is 9.90 Å². The zero-order valence-corrected chi connectivity index (χ0v) is 13.0. The Hall–Kier alpha value is -1.35. The highest BCUT2D eigenvalue weighted by atomic mass is 16.4. The molecule has 1 aromatic rings. The Morgan fingerprint density at radius 2 is 1.81 bits per heavy atom. The van der Waals surface area contributed by atoms with Gasteiger partial charge in [0.15, 0.2) is 0 Å². The molecular weight excluding hydrogens is 262 g/mol. The highest BCUT2D eigenvalue weighted by Crippen LogP contribution is 2.43. The van der Waals surface area contributed by atoms with Crippen LogP contribution in [0.1, 0.15) is 62.6 Å². The van der Waals surface area contributed by atoms with Crippen molar-refractivity contribution >= 4 is 5.97 Å². The lowest BCUT2D eigenvalue weighted by molar-refractivity contribution is -0.151. The van der Waals surface area contributed by atoms with Gasteiger partial charge in [0.2, 0.25) is 0 Å². The summed E-state index contributed by atoms with van der Waals surface area (Å²) in [5.74, 6) is 0.00587. The molecule has 0 amide bonds. The molecule has 114 valence electrons. The lowest BCUT2D eigenvalue weighted by Crippen LogP contribution is -2.44. The highest BCUT2D eigenvalue weighted by Gasteiger charge is 2.39. The van der Waals surface area contributed by atoms with Crippen LogP contribution >= 0.6 is 0 Å². The van der Waals surface area contributed by atoms with Crippen molar-refractivity contribution in [3.63, 3.8) is 0 Å². The monoisotopic (exact) mass is 287 g/mol. The lowest BCUT2D eigenvalue weighted by atomic mass is 9.77. The van der Waals surface area contributed by atoms with Crippen molar-refractivity contribution in [2.75, 3.05) is 13.1 Å². The van der Waals surface area contributed by atoms with E-state index in [0.29, 0.717) is 12.0 Å². The lowest BCUT2D eigenvalue weighted by Gasteiger charge is -2.43. The Kier molecular flexibility index (Phi) is 3.78. The molecule has 1 aromatic carbocycles. The standard InChI is InChI=1S/C18H25NO2/c1-13-7-8-16(15-6-4-3-5-14(13)15)19-11-9-18(2,10-12-19)17(20)21/h3-6,13,16H,7-12H2,1-2H3,(H,20,21). The van der Waals surface area contributed by atoms with E-state index < -0.39 is 11.4 Å². The van der Waals surface area contributed by atoms with E-state index in [1.54, 1.807) is 0 Å². The smallest absolute Gasteiger partial charge is 0.309 e. The molecule has 1 aliphatic carbocycles. The van der Waals surface area contributed by atoms with Crippen LogP contribution in [0.2, 0.25) is 0 Å². The Labute approximate surface area is 127 Å². The number of carboxylic acid groups (broad SMARTS) is 1. The van der Waals surface area contributed by atoms with Gasteiger partial charge in [0, 0.05) is 6.04 Å². The summed E-state index contributed by atoms with van der Waals surface area (Å²) >= 11 is 0. The van der Waals surface area contributed by atoms with E-state index >= 15 is 0 Å². The fourth-order valence-electron chi connectivity index (χ4n) is 3.90. The Morgan fingerprint density at radius 1 is 1.19 bits per heavy atom. The molecular formula is C18H25NO2. The van der Waals surface area contributed by atoms with Crippen molar-refractivity contribution in [1.29, 1.82) is 0 Å². The minimum absolute atomic E-state index is 0.482. The Bertz CT molecular complexity index is 532. The van der Waals surface area contributed by atoms with Gasteiger partial charge in [-0.2, -0.15) is 0 Å². The molecule has 2 aliphatic rings. The van der Waals surface area contributed by atoms with Crippen LogP contribution in [0.5, 0.6) is 0 Å². The summed E-state index contributed by atoms with van der Waals surface area (Å²) in [5.41, 5.74) is 2.42. The van der Waals surface area contributed by atoms with E-state index in [1.807, 2.05) is 6.92 Å². The summed E-state index contributed by atoms with van der Waals surface area (Å²) < 4.78 is 0. The molecule has 0 saturated carbocycles. The van der Waals surface area contributed by atoms with Crippen LogP contribution in [-0.2, 0) is 4.79 Å². The quantitative estimate of drug-likeness (QED) is 0.899. The van der Waals surface area contributed by atoms with Crippen LogP contribution in [0.3, 0.4) is 0 Å². The summed E-state index contributed by atoms with van der Waals surface area (Å²) in [6.07, 6.45) is 3.95. The van der Waals surface area contributed by atoms with E-state index in [4.69, 9.17) is 0 Å². The molecule has 3 rings (SSSR count). The molecule has 1 saturated heterocycles. The maximum atomic E-state index is 11.4. The van der Waals surface area contributed by atoms with Crippen LogP contribution < -0.4 is 0 Å². The number of carboxylic acids is 1. The topological polar surface area (TPSA) is 40.5 Å². The Morgan fingerprint density at radius 3 is 2.43 bits per heavy atom. The normalized spacial score (nSPS) is 28.9. The van der Waals surface area contributed by atoms with Crippen LogP contribution in [0, 0.1) is 5.41 Å². The minimum Gasteiger partial charge on any atom is -0.481 e. The van der Waals surface area contributed by atoms with E-state index in [-0.39, 0.29) is 0 Å². The van der Waals surface area contributed by atoms with Gasteiger partial charge in [-0.05, 0) is 62.7 Å². The molecule has 1 heterocycles. The number of likely N-dealkylation sites (tertiary alicyclic amines) is 1. The first kappa shape index (κ1) is 14.6. The third-order valence-electron chi connectivity index (χ3n) is 5.62. The predicted molar refractivity (Wildman–Crippen MR) is 83.4 cm³/mol. The van der Waals surface area contributed by atoms with Crippen molar-refractivity contribution in [3.8, 4) is 0 Å². The van der Waals surface area contributed by atoms with Gasteiger partial charge >= 0.3 is 5.97 Å². The summed E-state index contributed by atoms with van der Waals surface area (Å²) in [6, 6.07) is 9.28. The third kappa shape index (κ3) is 2.59. The molecule has 1 aliphatic heterocycles. The maximum absolute atomic E-state index is 11.4. The van der Waals surface area contributed by atoms with E-state index in [2.05, 4.69) is 36.1 Å². The van der Waals surface area contributed by atoms with Crippen LogP contribution in [-0.4, -0.2) is 29.1 Å². The second kappa shape index (κ2) is 5.45. The molecule has 3 heteroatoms. The summed E-state index contributed by atoms with van der Waals surface area (Å²) in [4.78, 5) is 13.9. The minimum atomic E-state index is -0.639. The van der Waals surface area contributed by atoms with E-state index in [1.165, 1.54) is 24.0 Å². The van der Waals surface area contributed by atoms with Gasteiger partial charge in [0.05, 0.1) is 5.41 Å². The van der Waals surface area contributed by atoms with Crippen LogP contribution in [0.15, 0.2) is 24.3 Å². The number of aliphatic carboxylic acids is 1. The van der Waals surface area contributed by atoms with Crippen molar-refractivity contribution in [3.05, 3.63) is 35.4 Å². The first-order valence-electron chi connectivity index (χ1n) is 8.07. The summed E-state index contributed by atoms with van der Waals surface area (Å²) in [6.45, 7) is 6.00. The second-order valence-electron chi connectivity index (χ2n) is 7.02. The van der Waals surface area contributed by atoms with Gasteiger partial charge in [-0.1, -0.05) is 31.2 Å². The highest BCUT2D eigenvalue weighted by molar-refractivity contribution is 5.74. The van der Waals surface area contributed by atoms with Crippen molar-refractivity contribution in [2.45, 2.75) is 51.5 Å². The Balaban J connectivity index is 1.78. The van der Waals surface area contributed by atoms with Crippen LogP contribution in [0.25, 0.3) is 0 Å². The van der Waals surface area contributed by atoms with Crippen LogP contribution in [0.4, 0.5) is 0 Å². The molecule has 0 bridgehead atoms. The number of fused-ring (bicyclic) bond motifs is 1. The number of rotatable bonds is 2. The molecule has 2 unspecified atom stereocenters. The fourth-order valence-corrected chi connectivity index (χ4v) is 3.90. The molecule has 2 atom stereocenters. The number of nitrogens with zero attached hydrogens (tertiary/aromatic N) is 1.